The Kier molecular flexibility index (Phi) is 4.40. The molecule has 0 bridgehead atoms. The first-order valence-electron chi connectivity index (χ1n) is 10.5. The molecule has 3 heterocycles. The number of fused-ring (bicyclic) bond motifs is 4. The molecule has 3 aliphatic heterocycles. The summed E-state index contributed by atoms with van der Waals surface area (Å²) in [6.07, 6.45) is 0.732. The number of para-hydroxylation sites is 2. The lowest BCUT2D eigenvalue weighted by atomic mass is 9.96. The van der Waals surface area contributed by atoms with E-state index in [1.807, 2.05) is 77.8 Å². The minimum Gasteiger partial charge on any atom is -0.497 e. The van der Waals surface area contributed by atoms with E-state index in [1.54, 1.807) is 12.0 Å². The summed E-state index contributed by atoms with van der Waals surface area (Å²) < 4.78 is 11.9. The molecule has 160 valence electrons. The van der Waals surface area contributed by atoms with Crippen molar-refractivity contribution in [3.05, 3.63) is 90.0 Å². The van der Waals surface area contributed by atoms with Gasteiger partial charge in [0.2, 0.25) is 0 Å². The van der Waals surface area contributed by atoms with Crippen molar-refractivity contribution >= 4 is 28.4 Å². The molecule has 2 atom stereocenters. The van der Waals surface area contributed by atoms with Crippen LogP contribution in [0.5, 0.6) is 11.5 Å². The number of hydrazone groups is 1. The first-order chi connectivity index (χ1) is 15.7. The molecular formula is C25H21N3O3S. The first kappa shape index (κ1) is 19.3. The van der Waals surface area contributed by atoms with Crippen molar-refractivity contribution < 1.29 is 14.3 Å². The highest BCUT2D eigenvalue weighted by Crippen LogP contribution is 2.52. The Bertz CT molecular complexity index is 1210. The number of anilines is 1. The molecular weight excluding hydrogens is 422 g/mol. The molecule has 0 aliphatic carbocycles. The quantitative estimate of drug-likeness (QED) is 0.552. The second-order valence-electron chi connectivity index (χ2n) is 7.95. The minimum atomic E-state index is -1.02. The fourth-order valence-corrected chi connectivity index (χ4v) is 5.67. The Morgan fingerprint density at radius 1 is 1.03 bits per heavy atom. The molecule has 3 aromatic carbocycles. The van der Waals surface area contributed by atoms with Crippen LogP contribution in [0.1, 0.15) is 23.6 Å². The molecule has 1 spiro atoms. The molecule has 3 aliphatic rings. The van der Waals surface area contributed by atoms with Gasteiger partial charge in [0.1, 0.15) is 11.5 Å². The lowest BCUT2D eigenvalue weighted by Gasteiger charge is -2.48. The van der Waals surface area contributed by atoms with E-state index in [0.717, 1.165) is 40.4 Å². The summed E-state index contributed by atoms with van der Waals surface area (Å²) in [5.74, 6) is 1.06. The Labute approximate surface area is 190 Å². The maximum Gasteiger partial charge on any atom is 0.296 e. The Morgan fingerprint density at radius 3 is 2.56 bits per heavy atom. The Morgan fingerprint density at radius 2 is 1.78 bits per heavy atom. The minimum absolute atomic E-state index is 0.0187. The van der Waals surface area contributed by atoms with Crippen molar-refractivity contribution in [2.45, 2.75) is 18.3 Å². The summed E-state index contributed by atoms with van der Waals surface area (Å²) >= 11 is 1.27. The molecule has 0 saturated carbocycles. The highest BCUT2D eigenvalue weighted by atomic mass is 32.2. The third-order valence-corrected chi connectivity index (χ3v) is 7.12. The van der Waals surface area contributed by atoms with Gasteiger partial charge in [0.15, 0.2) is 0 Å². The number of methoxy groups -OCH3 is 1. The molecule has 1 amide bonds. The summed E-state index contributed by atoms with van der Waals surface area (Å²) in [4.78, 5) is 14.8. The molecule has 7 heteroatoms. The average Bonchev–Trinajstić information content (AvgIpc) is 3.43. The number of hydrogen-bond donors (Lipinski definition) is 0. The van der Waals surface area contributed by atoms with Gasteiger partial charge in [-0.25, -0.2) is 9.91 Å². The maximum absolute atomic E-state index is 13.1. The van der Waals surface area contributed by atoms with Crippen LogP contribution >= 0.6 is 11.8 Å². The van der Waals surface area contributed by atoms with Crippen LogP contribution in [-0.4, -0.2) is 34.7 Å². The summed E-state index contributed by atoms with van der Waals surface area (Å²) in [6.45, 7) is 0. The molecule has 6 nitrogen and oxygen atoms in total. The number of ether oxygens (including phenoxy) is 2. The molecule has 0 unspecified atom stereocenters. The van der Waals surface area contributed by atoms with Crippen LogP contribution in [0.3, 0.4) is 0 Å². The Balaban J connectivity index is 1.49. The van der Waals surface area contributed by atoms with E-state index in [4.69, 9.17) is 14.6 Å². The Hall–Kier alpha value is -3.45. The summed E-state index contributed by atoms with van der Waals surface area (Å²) in [5, 5.41) is 7.02. The number of rotatable bonds is 3. The second kappa shape index (κ2) is 7.31. The van der Waals surface area contributed by atoms with Gasteiger partial charge in [-0.2, -0.15) is 5.10 Å². The van der Waals surface area contributed by atoms with E-state index in [2.05, 4.69) is 6.07 Å². The number of amides is 1. The smallest absolute Gasteiger partial charge is 0.296 e. The molecule has 0 aromatic heterocycles. The monoisotopic (exact) mass is 443 g/mol. The van der Waals surface area contributed by atoms with E-state index >= 15 is 0 Å². The molecule has 0 N–H and O–H groups in total. The largest absolute Gasteiger partial charge is 0.497 e. The predicted octanol–water partition coefficient (Wildman–Crippen LogP) is 5.27. The molecule has 1 fully saturated rings. The van der Waals surface area contributed by atoms with Gasteiger partial charge in [-0.15, -0.1) is 0 Å². The van der Waals surface area contributed by atoms with Crippen molar-refractivity contribution in [1.82, 2.24) is 5.01 Å². The maximum atomic E-state index is 13.1. The van der Waals surface area contributed by atoms with Gasteiger partial charge >= 0.3 is 0 Å². The standard InChI is InChI=1S/C25H21N3O3S/c1-30-19-13-11-17(12-14-19)21-15-22-20-9-5-6-10-23(20)31-25(28(22)26-21)16-32-24(29)27(25)18-7-3-2-4-8-18/h2-14,22H,15-16H2,1H3/t22-,25+/m0/s1. The number of hydrogen-bond acceptors (Lipinski definition) is 6. The zero-order valence-corrected chi connectivity index (χ0v) is 18.3. The van der Waals surface area contributed by atoms with Crippen LogP contribution < -0.4 is 14.4 Å². The van der Waals surface area contributed by atoms with Crippen LogP contribution in [0.25, 0.3) is 0 Å². The van der Waals surface area contributed by atoms with Crippen molar-refractivity contribution in [1.29, 1.82) is 0 Å². The molecule has 3 aromatic rings. The van der Waals surface area contributed by atoms with Gasteiger partial charge in [0.05, 0.1) is 30.3 Å². The van der Waals surface area contributed by atoms with E-state index in [9.17, 15) is 4.79 Å². The van der Waals surface area contributed by atoms with Crippen molar-refractivity contribution in [3.63, 3.8) is 0 Å². The second-order valence-corrected chi connectivity index (χ2v) is 8.87. The highest BCUT2D eigenvalue weighted by Gasteiger charge is 2.60. The van der Waals surface area contributed by atoms with Gasteiger partial charge in [-0.1, -0.05) is 48.2 Å². The SMILES string of the molecule is COc1ccc(C2=NN3[C@@H](C2)c2ccccc2O[C@@]32CSC(=O)N2c2ccccc2)cc1. The first-order valence-corrected chi connectivity index (χ1v) is 11.5. The van der Waals surface area contributed by atoms with E-state index < -0.39 is 5.85 Å². The summed E-state index contributed by atoms with van der Waals surface area (Å²) in [6, 6.07) is 25.7. The average molecular weight is 444 g/mol. The van der Waals surface area contributed by atoms with E-state index in [-0.39, 0.29) is 11.3 Å². The third kappa shape index (κ3) is 2.81. The van der Waals surface area contributed by atoms with Gasteiger partial charge in [-0.05, 0) is 48.0 Å². The number of thioether (sulfide) groups is 1. The fourth-order valence-electron chi connectivity index (χ4n) is 4.66. The molecule has 32 heavy (non-hydrogen) atoms. The number of benzene rings is 3. The third-order valence-electron chi connectivity index (χ3n) is 6.17. The number of carbonyl (C=O) groups excluding carboxylic acids is 1. The highest BCUT2D eigenvalue weighted by molar-refractivity contribution is 8.14. The van der Waals surface area contributed by atoms with E-state index in [0.29, 0.717) is 5.75 Å². The van der Waals surface area contributed by atoms with Gasteiger partial charge in [0, 0.05) is 12.0 Å². The predicted molar refractivity (Wildman–Crippen MR) is 125 cm³/mol. The molecule has 0 radical (unpaired) electrons. The lowest BCUT2D eigenvalue weighted by Crippen LogP contribution is -2.64. The van der Waals surface area contributed by atoms with Crippen molar-refractivity contribution in [2.75, 3.05) is 17.8 Å². The van der Waals surface area contributed by atoms with Crippen LogP contribution in [-0.2, 0) is 0 Å². The summed E-state index contributed by atoms with van der Waals surface area (Å²) in [5.41, 5.74) is 3.89. The van der Waals surface area contributed by atoms with Crippen LogP contribution in [0, 0.1) is 0 Å². The van der Waals surface area contributed by atoms with Gasteiger partial charge in [0.25, 0.3) is 11.1 Å². The van der Waals surface area contributed by atoms with Crippen LogP contribution in [0.2, 0.25) is 0 Å². The number of carbonyl (C=O) groups is 1. The summed E-state index contributed by atoms with van der Waals surface area (Å²) in [7, 11) is 1.66. The van der Waals surface area contributed by atoms with Crippen molar-refractivity contribution in [2.24, 2.45) is 5.10 Å². The van der Waals surface area contributed by atoms with Crippen LogP contribution in [0.4, 0.5) is 10.5 Å². The fraction of sp³-hybridized carbons (Fsp3) is 0.200. The van der Waals surface area contributed by atoms with E-state index in [1.165, 1.54) is 11.8 Å². The topological polar surface area (TPSA) is 54.4 Å². The zero-order valence-electron chi connectivity index (χ0n) is 17.5. The number of nitrogens with zero attached hydrogens (tertiary/aromatic N) is 3. The molecule has 1 saturated heterocycles. The van der Waals surface area contributed by atoms with Gasteiger partial charge in [-0.3, -0.25) is 4.79 Å². The molecule has 6 rings (SSSR count). The van der Waals surface area contributed by atoms with Crippen molar-refractivity contribution in [3.8, 4) is 11.5 Å². The normalized spacial score (nSPS) is 23.6. The van der Waals surface area contributed by atoms with Gasteiger partial charge < -0.3 is 9.47 Å². The zero-order chi connectivity index (χ0) is 21.7. The van der Waals surface area contributed by atoms with Crippen LogP contribution in [0.15, 0.2) is 84.0 Å². The lowest BCUT2D eigenvalue weighted by molar-refractivity contribution is -0.0927.